The SMILES string of the molecule is CCOCc1c(F)cccc1F. The molecule has 0 aliphatic carbocycles. The van der Waals surface area contributed by atoms with Crippen LogP contribution in [0.1, 0.15) is 12.5 Å². The quantitative estimate of drug-likeness (QED) is 0.680. The highest BCUT2D eigenvalue weighted by atomic mass is 19.1. The summed E-state index contributed by atoms with van der Waals surface area (Å²) in [5.74, 6) is -1.10. The average Bonchev–Trinajstić information content (AvgIpc) is 2.04. The van der Waals surface area contributed by atoms with Crippen molar-refractivity contribution >= 4 is 0 Å². The lowest BCUT2D eigenvalue weighted by Crippen LogP contribution is -1.98. The Morgan fingerprint density at radius 3 is 2.33 bits per heavy atom. The van der Waals surface area contributed by atoms with Gasteiger partial charge in [-0.15, -0.1) is 0 Å². The van der Waals surface area contributed by atoms with Crippen molar-refractivity contribution in [2.24, 2.45) is 0 Å². The summed E-state index contributed by atoms with van der Waals surface area (Å²) in [5, 5.41) is 0. The van der Waals surface area contributed by atoms with E-state index in [0.717, 1.165) is 0 Å². The first-order chi connectivity index (χ1) is 5.75. The zero-order chi connectivity index (χ0) is 8.97. The predicted octanol–water partition coefficient (Wildman–Crippen LogP) is 2.50. The third-order valence-corrected chi connectivity index (χ3v) is 1.51. The maximum Gasteiger partial charge on any atom is 0.131 e. The van der Waals surface area contributed by atoms with E-state index in [-0.39, 0.29) is 12.2 Å². The van der Waals surface area contributed by atoms with Crippen molar-refractivity contribution in [2.45, 2.75) is 13.5 Å². The third-order valence-electron chi connectivity index (χ3n) is 1.51. The van der Waals surface area contributed by atoms with E-state index in [1.807, 2.05) is 0 Å². The van der Waals surface area contributed by atoms with Gasteiger partial charge in [0.25, 0.3) is 0 Å². The maximum absolute atomic E-state index is 12.9. The van der Waals surface area contributed by atoms with Crippen LogP contribution in [0.25, 0.3) is 0 Å². The first kappa shape index (κ1) is 9.13. The molecule has 0 heterocycles. The molecule has 1 aromatic carbocycles. The summed E-state index contributed by atoms with van der Waals surface area (Å²) in [6.07, 6.45) is 0. The molecule has 1 rings (SSSR count). The Bertz CT molecular complexity index is 240. The minimum atomic E-state index is -0.552. The fourth-order valence-corrected chi connectivity index (χ4v) is 0.874. The minimum absolute atomic E-state index is 0.000602. The van der Waals surface area contributed by atoms with Gasteiger partial charge < -0.3 is 4.74 Å². The summed E-state index contributed by atoms with van der Waals surface area (Å²) in [6, 6.07) is 3.77. The lowest BCUT2D eigenvalue weighted by Gasteiger charge is -2.03. The molecule has 3 heteroatoms. The molecule has 66 valence electrons. The van der Waals surface area contributed by atoms with Gasteiger partial charge in [0.05, 0.1) is 6.61 Å². The van der Waals surface area contributed by atoms with E-state index in [2.05, 4.69) is 0 Å². The van der Waals surface area contributed by atoms with E-state index in [0.29, 0.717) is 6.61 Å². The minimum Gasteiger partial charge on any atom is -0.377 e. The number of ether oxygens (including phenoxy) is 1. The van der Waals surface area contributed by atoms with Crippen molar-refractivity contribution in [1.82, 2.24) is 0 Å². The molecular formula is C9H10F2O. The molecule has 0 atom stereocenters. The van der Waals surface area contributed by atoms with Crippen molar-refractivity contribution < 1.29 is 13.5 Å². The maximum atomic E-state index is 12.9. The second-order valence-corrected chi connectivity index (χ2v) is 2.34. The fraction of sp³-hybridized carbons (Fsp3) is 0.333. The Hall–Kier alpha value is -0.960. The molecule has 0 spiro atoms. The Morgan fingerprint density at radius 1 is 1.25 bits per heavy atom. The topological polar surface area (TPSA) is 9.23 Å². The third kappa shape index (κ3) is 2.01. The molecule has 0 unspecified atom stereocenters. The van der Waals surface area contributed by atoms with Gasteiger partial charge in [-0.25, -0.2) is 8.78 Å². The summed E-state index contributed by atoms with van der Waals surface area (Å²) < 4.78 is 30.6. The normalized spacial score (nSPS) is 10.2. The lowest BCUT2D eigenvalue weighted by molar-refractivity contribution is 0.128. The van der Waals surface area contributed by atoms with Crippen LogP contribution in [0.4, 0.5) is 8.78 Å². The van der Waals surface area contributed by atoms with Crippen LogP contribution in [0.5, 0.6) is 0 Å². The van der Waals surface area contributed by atoms with E-state index < -0.39 is 11.6 Å². The number of rotatable bonds is 3. The van der Waals surface area contributed by atoms with Gasteiger partial charge in [0.1, 0.15) is 11.6 Å². The molecular weight excluding hydrogens is 162 g/mol. The largest absolute Gasteiger partial charge is 0.377 e. The molecule has 0 aliphatic heterocycles. The van der Waals surface area contributed by atoms with E-state index >= 15 is 0 Å². The molecule has 0 radical (unpaired) electrons. The number of halogens is 2. The van der Waals surface area contributed by atoms with Crippen molar-refractivity contribution in [3.63, 3.8) is 0 Å². The van der Waals surface area contributed by atoms with E-state index in [1.165, 1.54) is 18.2 Å². The van der Waals surface area contributed by atoms with Gasteiger partial charge in [-0.05, 0) is 19.1 Å². The fourth-order valence-electron chi connectivity index (χ4n) is 0.874. The summed E-state index contributed by atoms with van der Waals surface area (Å²) >= 11 is 0. The van der Waals surface area contributed by atoms with Crippen molar-refractivity contribution in [3.05, 3.63) is 35.4 Å². The molecule has 1 nitrogen and oxygen atoms in total. The molecule has 0 aliphatic rings. The van der Waals surface area contributed by atoms with E-state index in [4.69, 9.17) is 4.74 Å². The highest BCUT2D eigenvalue weighted by Gasteiger charge is 2.06. The number of hydrogen-bond donors (Lipinski definition) is 0. The molecule has 12 heavy (non-hydrogen) atoms. The summed E-state index contributed by atoms with van der Waals surface area (Å²) in [4.78, 5) is 0. The van der Waals surface area contributed by atoms with Crippen LogP contribution in [0.2, 0.25) is 0 Å². The van der Waals surface area contributed by atoms with Gasteiger partial charge in [-0.1, -0.05) is 6.07 Å². The molecule has 0 fully saturated rings. The molecule has 1 aromatic rings. The lowest BCUT2D eigenvalue weighted by atomic mass is 10.2. The highest BCUT2D eigenvalue weighted by Crippen LogP contribution is 2.12. The van der Waals surface area contributed by atoms with E-state index in [1.54, 1.807) is 6.92 Å². The standard InChI is InChI=1S/C9H10F2O/c1-2-12-6-7-8(10)4-3-5-9(7)11/h3-5H,2,6H2,1H3. The molecule has 0 amide bonds. The monoisotopic (exact) mass is 172 g/mol. The summed E-state index contributed by atoms with van der Waals surface area (Å²) in [6.45, 7) is 2.22. The van der Waals surface area contributed by atoms with Crippen LogP contribution >= 0.6 is 0 Å². The van der Waals surface area contributed by atoms with Gasteiger partial charge in [-0.3, -0.25) is 0 Å². The van der Waals surface area contributed by atoms with Crippen molar-refractivity contribution in [2.75, 3.05) is 6.61 Å². The van der Waals surface area contributed by atoms with E-state index in [9.17, 15) is 8.78 Å². The summed E-state index contributed by atoms with van der Waals surface area (Å²) in [5.41, 5.74) is -0.000602. The van der Waals surface area contributed by atoms with Gasteiger partial charge in [0.2, 0.25) is 0 Å². The van der Waals surface area contributed by atoms with Crippen LogP contribution in [0.3, 0.4) is 0 Å². The first-order valence-corrected chi connectivity index (χ1v) is 3.76. The van der Waals surface area contributed by atoms with Gasteiger partial charge in [0.15, 0.2) is 0 Å². The molecule has 0 saturated carbocycles. The Morgan fingerprint density at radius 2 is 1.83 bits per heavy atom. The summed E-state index contributed by atoms with van der Waals surface area (Å²) in [7, 11) is 0. The van der Waals surface area contributed by atoms with Crippen LogP contribution in [-0.2, 0) is 11.3 Å². The number of hydrogen-bond acceptors (Lipinski definition) is 1. The molecule has 0 N–H and O–H groups in total. The second-order valence-electron chi connectivity index (χ2n) is 2.34. The van der Waals surface area contributed by atoms with Crippen LogP contribution in [0.15, 0.2) is 18.2 Å². The van der Waals surface area contributed by atoms with Crippen molar-refractivity contribution in [1.29, 1.82) is 0 Å². The highest BCUT2D eigenvalue weighted by molar-refractivity contribution is 5.18. The Balaban J connectivity index is 2.81. The molecule has 0 aromatic heterocycles. The number of benzene rings is 1. The Kier molecular flexibility index (Phi) is 3.17. The predicted molar refractivity (Wildman–Crippen MR) is 41.7 cm³/mol. The van der Waals surface area contributed by atoms with Crippen molar-refractivity contribution in [3.8, 4) is 0 Å². The zero-order valence-corrected chi connectivity index (χ0v) is 6.81. The van der Waals surface area contributed by atoms with Gasteiger partial charge in [0, 0.05) is 12.2 Å². The zero-order valence-electron chi connectivity index (χ0n) is 6.81. The average molecular weight is 172 g/mol. The Labute approximate surface area is 70.0 Å². The van der Waals surface area contributed by atoms with Crippen LogP contribution < -0.4 is 0 Å². The van der Waals surface area contributed by atoms with Crippen LogP contribution in [-0.4, -0.2) is 6.61 Å². The molecule has 0 bridgehead atoms. The smallest absolute Gasteiger partial charge is 0.131 e. The van der Waals surface area contributed by atoms with Gasteiger partial charge >= 0.3 is 0 Å². The first-order valence-electron chi connectivity index (χ1n) is 3.76. The van der Waals surface area contributed by atoms with Crippen LogP contribution in [0, 0.1) is 11.6 Å². The second kappa shape index (κ2) is 4.16. The van der Waals surface area contributed by atoms with Gasteiger partial charge in [-0.2, -0.15) is 0 Å². The molecule has 0 saturated heterocycles.